The Bertz CT molecular complexity index is 870. The van der Waals surface area contributed by atoms with E-state index in [1.807, 2.05) is 20.8 Å². The molecule has 0 aromatic carbocycles. The Morgan fingerprint density at radius 2 is 1.73 bits per heavy atom. The van der Waals surface area contributed by atoms with Crippen LogP contribution >= 0.6 is 0 Å². The molecule has 0 N–H and O–H groups in total. The van der Waals surface area contributed by atoms with Gasteiger partial charge in [-0.2, -0.15) is 0 Å². The fourth-order valence-corrected chi connectivity index (χ4v) is 4.79. The van der Waals surface area contributed by atoms with Crippen LogP contribution in [0.5, 0.6) is 0 Å². The predicted molar refractivity (Wildman–Crippen MR) is 94.3 cm³/mol. The van der Waals surface area contributed by atoms with Crippen molar-refractivity contribution in [2.75, 3.05) is 13.2 Å². The van der Waals surface area contributed by atoms with Crippen molar-refractivity contribution in [1.29, 1.82) is 0 Å². The van der Waals surface area contributed by atoms with Gasteiger partial charge >= 0.3 is 0 Å². The Hall–Kier alpha value is -1.74. The summed E-state index contributed by atoms with van der Waals surface area (Å²) < 4.78 is 41.1. The maximum absolute atomic E-state index is 13.1. The van der Waals surface area contributed by atoms with Crippen molar-refractivity contribution in [2.24, 2.45) is 0 Å². The van der Waals surface area contributed by atoms with Crippen LogP contribution in [-0.4, -0.2) is 42.2 Å². The lowest BCUT2D eigenvalue weighted by Crippen LogP contribution is -2.40. The second-order valence-electron chi connectivity index (χ2n) is 8.11. The van der Waals surface area contributed by atoms with E-state index in [2.05, 4.69) is 15.4 Å². The smallest absolute Gasteiger partial charge is 0.286 e. The van der Waals surface area contributed by atoms with Crippen molar-refractivity contribution < 1.29 is 22.1 Å². The van der Waals surface area contributed by atoms with Gasteiger partial charge in [0.05, 0.1) is 10.9 Å². The second kappa shape index (κ2) is 6.45. The van der Waals surface area contributed by atoms with Crippen molar-refractivity contribution in [2.45, 2.75) is 62.9 Å². The Morgan fingerprint density at radius 3 is 2.31 bits per heavy atom. The third-order valence-electron chi connectivity index (χ3n) is 4.75. The summed E-state index contributed by atoms with van der Waals surface area (Å²) in [7, 11) is -3.52. The minimum absolute atomic E-state index is 0.0488. The molecule has 2 aromatic heterocycles. The van der Waals surface area contributed by atoms with E-state index in [-0.39, 0.29) is 17.2 Å². The second-order valence-corrected chi connectivity index (χ2v) is 10.9. The van der Waals surface area contributed by atoms with Crippen LogP contribution in [0.2, 0.25) is 0 Å². The van der Waals surface area contributed by atoms with Crippen LogP contribution in [0, 0.1) is 0 Å². The van der Waals surface area contributed by atoms with Crippen LogP contribution in [0.4, 0.5) is 0 Å². The third-order valence-corrected chi connectivity index (χ3v) is 7.69. The van der Waals surface area contributed by atoms with Crippen molar-refractivity contribution in [3.8, 4) is 11.7 Å². The average molecular weight is 383 g/mol. The maximum atomic E-state index is 13.1. The molecular formula is C17H25N3O5S. The summed E-state index contributed by atoms with van der Waals surface area (Å²) in [4.78, 5) is 0. The molecule has 1 aliphatic heterocycles. The molecule has 3 heterocycles. The van der Waals surface area contributed by atoms with Gasteiger partial charge in [-0.15, -0.1) is 10.2 Å². The quantitative estimate of drug-likeness (QED) is 0.793. The summed E-state index contributed by atoms with van der Waals surface area (Å²) in [5.41, 5.74) is 0.567. The van der Waals surface area contributed by atoms with Gasteiger partial charge in [0.15, 0.2) is 9.84 Å². The van der Waals surface area contributed by atoms with Crippen LogP contribution in [-0.2, 0) is 24.7 Å². The third kappa shape index (κ3) is 3.29. The standard InChI is InChI=1S/C17H25N3O5S/c1-16(2,3)13-10-12(25-20-13)14-18-19-15(24-14)17(4,5)26(21,22)11-6-8-23-9-7-11/h10-11H,6-9H2,1-5H3. The normalized spacial score (nSPS) is 17.6. The fourth-order valence-electron chi connectivity index (χ4n) is 2.82. The van der Waals surface area contributed by atoms with Crippen LogP contribution in [0.1, 0.15) is 59.0 Å². The Labute approximate surface area is 153 Å². The lowest BCUT2D eigenvalue weighted by atomic mass is 9.92. The minimum Gasteiger partial charge on any atom is -0.416 e. The zero-order chi connectivity index (χ0) is 19.2. The predicted octanol–water partition coefficient (Wildman–Crippen LogP) is 2.85. The van der Waals surface area contributed by atoms with Crippen LogP contribution < -0.4 is 0 Å². The molecule has 0 spiro atoms. The lowest BCUT2D eigenvalue weighted by molar-refractivity contribution is 0.0978. The molecule has 0 aliphatic carbocycles. The van der Waals surface area contributed by atoms with Gasteiger partial charge < -0.3 is 13.7 Å². The highest BCUT2D eigenvalue weighted by atomic mass is 32.2. The molecule has 1 aliphatic rings. The summed E-state index contributed by atoms with van der Waals surface area (Å²) >= 11 is 0. The van der Waals surface area contributed by atoms with Crippen molar-refractivity contribution >= 4 is 9.84 Å². The van der Waals surface area contributed by atoms with Crippen LogP contribution in [0.15, 0.2) is 15.0 Å². The van der Waals surface area contributed by atoms with E-state index < -0.39 is 19.8 Å². The number of aromatic nitrogens is 3. The monoisotopic (exact) mass is 383 g/mol. The molecule has 8 nitrogen and oxygen atoms in total. The van der Waals surface area contributed by atoms with Crippen molar-refractivity contribution in [3.63, 3.8) is 0 Å². The first-order valence-corrected chi connectivity index (χ1v) is 10.2. The van der Waals surface area contributed by atoms with E-state index in [1.165, 1.54) is 0 Å². The largest absolute Gasteiger partial charge is 0.416 e. The molecule has 26 heavy (non-hydrogen) atoms. The fraction of sp³-hybridized carbons (Fsp3) is 0.706. The number of sulfone groups is 1. The van der Waals surface area contributed by atoms with Gasteiger partial charge in [-0.3, -0.25) is 0 Å². The van der Waals surface area contributed by atoms with E-state index in [4.69, 9.17) is 13.7 Å². The highest BCUT2D eigenvalue weighted by molar-refractivity contribution is 7.92. The van der Waals surface area contributed by atoms with Crippen LogP contribution in [0.25, 0.3) is 11.7 Å². The first-order valence-electron chi connectivity index (χ1n) is 8.66. The molecule has 2 aromatic rings. The van der Waals surface area contributed by atoms with Gasteiger partial charge in [-0.1, -0.05) is 25.9 Å². The van der Waals surface area contributed by atoms with Gasteiger partial charge in [-0.25, -0.2) is 8.42 Å². The molecule has 1 saturated heterocycles. The number of hydrogen-bond donors (Lipinski definition) is 0. The van der Waals surface area contributed by atoms with E-state index in [0.29, 0.717) is 31.8 Å². The van der Waals surface area contributed by atoms with Crippen molar-refractivity contribution in [3.05, 3.63) is 17.7 Å². The summed E-state index contributed by atoms with van der Waals surface area (Å²) in [5.74, 6) is 0.499. The molecule has 0 amide bonds. The summed E-state index contributed by atoms with van der Waals surface area (Å²) in [5, 5.41) is 11.5. The van der Waals surface area contributed by atoms with Gasteiger partial charge in [-0.05, 0) is 26.7 Å². The zero-order valence-corrected chi connectivity index (χ0v) is 16.6. The maximum Gasteiger partial charge on any atom is 0.286 e. The number of hydrogen-bond acceptors (Lipinski definition) is 8. The summed E-state index contributed by atoms with van der Waals surface area (Å²) in [6.45, 7) is 10.1. The summed E-state index contributed by atoms with van der Waals surface area (Å²) in [6.07, 6.45) is 0.952. The average Bonchev–Trinajstić information content (AvgIpc) is 3.24. The van der Waals surface area contributed by atoms with Gasteiger partial charge in [0.25, 0.3) is 5.89 Å². The Kier molecular flexibility index (Phi) is 4.72. The van der Waals surface area contributed by atoms with Gasteiger partial charge in [0.1, 0.15) is 4.75 Å². The molecular weight excluding hydrogens is 358 g/mol. The molecule has 0 atom stereocenters. The molecule has 3 rings (SSSR count). The molecule has 0 unspecified atom stereocenters. The summed E-state index contributed by atoms with van der Waals surface area (Å²) in [6, 6.07) is 1.73. The van der Waals surface area contributed by atoms with Crippen molar-refractivity contribution in [1.82, 2.24) is 15.4 Å². The van der Waals surface area contributed by atoms with Gasteiger partial charge in [0.2, 0.25) is 11.7 Å². The number of rotatable bonds is 4. The Morgan fingerprint density at radius 1 is 1.08 bits per heavy atom. The number of ether oxygens (including phenoxy) is 1. The minimum atomic E-state index is -3.52. The highest BCUT2D eigenvalue weighted by Crippen LogP contribution is 2.36. The first-order chi connectivity index (χ1) is 12.0. The topological polar surface area (TPSA) is 108 Å². The van der Waals surface area contributed by atoms with Gasteiger partial charge in [0, 0.05) is 24.7 Å². The van der Waals surface area contributed by atoms with E-state index >= 15 is 0 Å². The number of nitrogens with zero attached hydrogens (tertiary/aromatic N) is 3. The van der Waals surface area contributed by atoms with E-state index in [9.17, 15) is 8.42 Å². The SMILES string of the molecule is CC(C)(C)c1cc(-c2nnc(C(C)(C)S(=O)(=O)C3CCOCC3)o2)on1. The van der Waals surface area contributed by atoms with Crippen LogP contribution in [0.3, 0.4) is 0 Å². The first kappa shape index (κ1) is 19.0. The molecule has 0 saturated carbocycles. The molecule has 0 bridgehead atoms. The van der Waals surface area contributed by atoms with E-state index in [0.717, 1.165) is 5.69 Å². The van der Waals surface area contributed by atoms with E-state index in [1.54, 1.807) is 19.9 Å². The highest BCUT2D eigenvalue weighted by Gasteiger charge is 2.46. The molecule has 0 radical (unpaired) electrons. The Balaban J connectivity index is 1.89. The molecule has 1 fully saturated rings. The molecule has 9 heteroatoms. The zero-order valence-electron chi connectivity index (χ0n) is 15.8. The lowest BCUT2D eigenvalue weighted by Gasteiger charge is -2.29. The molecule has 144 valence electrons.